The highest BCUT2D eigenvalue weighted by Gasteiger charge is 2.45. The summed E-state index contributed by atoms with van der Waals surface area (Å²) in [6.07, 6.45) is -2.33. The predicted octanol–water partition coefficient (Wildman–Crippen LogP) is 2.52. The molecule has 1 N–H and O–H groups in total. The first-order valence-corrected chi connectivity index (χ1v) is 8.41. The lowest BCUT2D eigenvalue weighted by molar-refractivity contribution is -0.143. The van der Waals surface area contributed by atoms with E-state index in [1.54, 1.807) is 7.11 Å². The molecule has 0 unspecified atom stereocenters. The van der Waals surface area contributed by atoms with Gasteiger partial charge in [-0.25, -0.2) is 0 Å². The zero-order valence-corrected chi connectivity index (χ0v) is 14.3. The van der Waals surface area contributed by atoms with Gasteiger partial charge in [-0.05, 0) is 11.1 Å². The van der Waals surface area contributed by atoms with Crippen LogP contribution in [0.5, 0.6) is 0 Å². The minimum Gasteiger partial charge on any atom is -0.374 e. The maximum absolute atomic E-state index is 10.1. The Balaban J connectivity index is 1.56. The van der Waals surface area contributed by atoms with Crippen molar-refractivity contribution in [2.75, 3.05) is 13.7 Å². The fraction of sp³-hybridized carbons (Fsp3) is 0.400. The molecule has 5 nitrogen and oxygen atoms in total. The van der Waals surface area contributed by atoms with Gasteiger partial charge in [-0.2, -0.15) is 0 Å². The molecule has 134 valence electrons. The summed E-state index contributed by atoms with van der Waals surface area (Å²) in [5, 5.41) is 10.1. The van der Waals surface area contributed by atoms with Crippen LogP contribution in [0.4, 0.5) is 0 Å². The van der Waals surface area contributed by atoms with Crippen LogP contribution in [-0.4, -0.2) is 43.4 Å². The second-order valence-corrected chi connectivity index (χ2v) is 6.03. The highest BCUT2D eigenvalue weighted by atomic mass is 16.7. The largest absolute Gasteiger partial charge is 0.374 e. The lowest BCUT2D eigenvalue weighted by Crippen LogP contribution is -2.38. The zero-order valence-electron chi connectivity index (χ0n) is 14.3. The molecule has 0 aromatic heterocycles. The Morgan fingerprint density at radius 1 is 0.880 bits per heavy atom. The molecular weight excluding hydrogens is 320 g/mol. The average molecular weight is 344 g/mol. The van der Waals surface area contributed by atoms with Crippen LogP contribution in [0.2, 0.25) is 0 Å². The van der Waals surface area contributed by atoms with Gasteiger partial charge in [0.2, 0.25) is 0 Å². The fourth-order valence-corrected chi connectivity index (χ4v) is 2.93. The van der Waals surface area contributed by atoms with Gasteiger partial charge in [0.25, 0.3) is 0 Å². The molecule has 0 radical (unpaired) electrons. The van der Waals surface area contributed by atoms with Gasteiger partial charge >= 0.3 is 0 Å². The molecule has 3 rings (SSSR count). The van der Waals surface area contributed by atoms with Crippen LogP contribution < -0.4 is 0 Å². The summed E-state index contributed by atoms with van der Waals surface area (Å²) in [5.41, 5.74) is 2.15. The van der Waals surface area contributed by atoms with E-state index in [0.717, 1.165) is 11.1 Å². The van der Waals surface area contributed by atoms with Crippen LogP contribution in [0.1, 0.15) is 11.1 Å². The maximum Gasteiger partial charge on any atom is 0.184 e. The Morgan fingerprint density at radius 3 is 2.08 bits per heavy atom. The lowest BCUT2D eigenvalue weighted by Gasteiger charge is -2.22. The Kier molecular flexibility index (Phi) is 6.55. The molecule has 1 aliphatic heterocycles. The van der Waals surface area contributed by atoms with Crippen molar-refractivity contribution in [1.29, 1.82) is 0 Å². The predicted molar refractivity (Wildman–Crippen MR) is 92.8 cm³/mol. The van der Waals surface area contributed by atoms with E-state index < -0.39 is 18.5 Å². The second kappa shape index (κ2) is 9.08. The smallest absolute Gasteiger partial charge is 0.184 e. The van der Waals surface area contributed by atoms with E-state index in [1.165, 1.54) is 0 Å². The van der Waals surface area contributed by atoms with Crippen LogP contribution >= 0.6 is 0 Å². The summed E-state index contributed by atoms with van der Waals surface area (Å²) in [7, 11) is 1.54. The highest BCUT2D eigenvalue weighted by molar-refractivity contribution is 5.14. The van der Waals surface area contributed by atoms with E-state index >= 15 is 0 Å². The quantitative estimate of drug-likeness (QED) is 0.797. The average Bonchev–Trinajstić information content (AvgIpc) is 2.96. The number of hydrogen-bond donors (Lipinski definition) is 1. The molecule has 0 spiro atoms. The summed E-state index contributed by atoms with van der Waals surface area (Å²) in [5.74, 6) is 0. The molecule has 0 bridgehead atoms. The molecule has 0 amide bonds. The number of methoxy groups -OCH3 is 1. The number of hydrogen-bond acceptors (Lipinski definition) is 5. The third kappa shape index (κ3) is 4.87. The molecule has 1 saturated heterocycles. The van der Waals surface area contributed by atoms with Crippen LogP contribution in [-0.2, 0) is 32.2 Å². The summed E-state index contributed by atoms with van der Waals surface area (Å²) >= 11 is 0. The van der Waals surface area contributed by atoms with E-state index in [0.29, 0.717) is 19.8 Å². The van der Waals surface area contributed by atoms with E-state index in [4.69, 9.17) is 18.9 Å². The molecule has 1 heterocycles. The molecule has 0 aliphatic carbocycles. The first-order chi connectivity index (χ1) is 12.3. The molecule has 2 aromatic carbocycles. The number of aliphatic hydroxyl groups is 1. The van der Waals surface area contributed by atoms with Gasteiger partial charge in [0.05, 0.1) is 19.8 Å². The molecule has 2 aromatic rings. The third-order valence-electron chi connectivity index (χ3n) is 4.24. The Morgan fingerprint density at radius 2 is 1.48 bits per heavy atom. The lowest BCUT2D eigenvalue weighted by atomic mass is 10.1. The molecule has 25 heavy (non-hydrogen) atoms. The second-order valence-electron chi connectivity index (χ2n) is 6.03. The van der Waals surface area contributed by atoms with Crippen molar-refractivity contribution in [3.8, 4) is 0 Å². The minimum absolute atomic E-state index is 0.325. The molecule has 0 saturated carbocycles. The van der Waals surface area contributed by atoms with Crippen molar-refractivity contribution in [1.82, 2.24) is 0 Å². The van der Waals surface area contributed by atoms with Crippen molar-refractivity contribution in [2.24, 2.45) is 0 Å². The van der Waals surface area contributed by atoms with Crippen molar-refractivity contribution in [3.63, 3.8) is 0 Å². The fourth-order valence-electron chi connectivity index (χ4n) is 2.93. The molecule has 5 heteroatoms. The minimum atomic E-state index is -1.02. The van der Waals surface area contributed by atoms with Crippen molar-refractivity contribution < 1.29 is 24.1 Å². The molecular formula is C20H24O5. The van der Waals surface area contributed by atoms with Crippen LogP contribution in [0.3, 0.4) is 0 Å². The molecule has 4 atom stereocenters. The van der Waals surface area contributed by atoms with Gasteiger partial charge in [-0.15, -0.1) is 0 Å². The standard InChI is InChI=1S/C20H24O5/c1-22-19-18(24-13-16-10-6-3-7-11-16)17(25-20(19)21)14-23-12-15-8-4-2-5-9-15/h2-11,17-21H,12-14H2,1H3/t17-,18+,19-,20+/m1/s1. The Bertz CT molecular complexity index is 618. The van der Waals surface area contributed by atoms with Gasteiger partial charge in [0, 0.05) is 7.11 Å². The van der Waals surface area contributed by atoms with E-state index in [1.807, 2.05) is 60.7 Å². The van der Waals surface area contributed by atoms with Crippen molar-refractivity contribution in [3.05, 3.63) is 71.8 Å². The van der Waals surface area contributed by atoms with Crippen LogP contribution in [0, 0.1) is 0 Å². The first-order valence-electron chi connectivity index (χ1n) is 8.41. The molecule has 1 aliphatic rings. The van der Waals surface area contributed by atoms with Crippen LogP contribution in [0.25, 0.3) is 0 Å². The third-order valence-corrected chi connectivity index (χ3v) is 4.24. The summed E-state index contributed by atoms with van der Waals surface area (Å²) in [6.45, 7) is 1.24. The SMILES string of the molecule is CO[C@@H]1[C@@H](OCc2ccccc2)[C@@H](COCc2ccccc2)O[C@@H]1O. The summed E-state index contributed by atoms with van der Waals surface area (Å²) in [6, 6.07) is 19.8. The van der Waals surface area contributed by atoms with Gasteiger partial charge in [0.15, 0.2) is 6.29 Å². The van der Waals surface area contributed by atoms with E-state index in [-0.39, 0.29) is 6.10 Å². The first kappa shape index (κ1) is 18.0. The summed E-state index contributed by atoms with van der Waals surface area (Å²) in [4.78, 5) is 0. The normalized spacial score (nSPS) is 26.0. The van der Waals surface area contributed by atoms with Gasteiger partial charge in [0.1, 0.15) is 18.3 Å². The monoisotopic (exact) mass is 344 g/mol. The Hall–Kier alpha value is -1.76. The van der Waals surface area contributed by atoms with Crippen LogP contribution in [0.15, 0.2) is 60.7 Å². The van der Waals surface area contributed by atoms with Crippen molar-refractivity contribution in [2.45, 2.75) is 37.8 Å². The van der Waals surface area contributed by atoms with Gasteiger partial charge < -0.3 is 24.1 Å². The van der Waals surface area contributed by atoms with Gasteiger partial charge in [-0.1, -0.05) is 60.7 Å². The molecule has 1 fully saturated rings. The van der Waals surface area contributed by atoms with Gasteiger partial charge in [-0.3, -0.25) is 0 Å². The number of ether oxygens (including phenoxy) is 4. The summed E-state index contributed by atoms with van der Waals surface area (Å²) < 4.78 is 22.7. The number of rotatable bonds is 8. The van der Waals surface area contributed by atoms with E-state index in [9.17, 15) is 5.11 Å². The number of benzene rings is 2. The topological polar surface area (TPSA) is 57.2 Å². The number of aliphatic hydroxyl groups excluding tert-OH is 1. The van der Waals surface area contributed by atoms with E-state index in [2.05, 4.69) is 0 Å². The maximum atomic E-state index is 10.1. The zero-order chi connectivity index (χ0) is 17.5. The Labute approximate surface area is 148 Å². The van der Waals surface area contributed by atoms with Crippen molar-refractivity contribution >= 4 is 0 Å². The highest BCUT2D eigenvalue weighted by Crippen LogP contribution is 2.26.